The number of halogens is 3. The maximum absolute atomic E-state index is 12.1. The van der Waals surface area contributed by atoms with E-state index in [0.29, 0.717) is 22.8 Å². The van der Waals surface area contributed by atoms with E-state index >= 15 is 0 Å². The SMILES string of the molecule is CCn1ncc(Cl)c1C(O)c1ccc(OC(F)F)cc1. The van der Waals surface area contributed by atoms with Crippen LogP contribution in [0.1, 0.15) is 24.3 Å². The first kappa shape index (κ1) is 14.7. The minimum absolute atomic E-state index is 0.0334. The first-order chi connectivity index (χ1) is 9.52. The zero-order chi connectivity index (χ0) is 14.7. The number of aryl methyl sites for hydroxylation is 1. The summed E-state index contributed by atoms with van der Waals surface area (Å²) < 4.78 is 29.9. The van der Waals surface area contributed by atoms with E-state index in [9.17, 15) is 13.9 Å². The number of aromatic nitrogens is 2. The second kappa shape index (κ2) is 6.19. The highest BCUT2D eigenvalue weighted by Gasteiger charge is 2.19. The van der Waals surface area contributed by atoms with Gasteiger partial charge < -0.3 is 9.84 Å². The third-order valence-electron chi connectivity index (χ3n) is 2.81. The third kappa shape index (κ3) is 3.08. The molecule has 7 heteroatoms. The van der Waals surface area contributed by atoms with Crippen LogP contribution in [0.3, 0.4) is 0 Å². The Morgan fingerprint density at radius 3 is 2.55 bits per heavy atom. The number of hydrogen-bond acceptors (Lipinski definition) is 3. The van der Waals surface area contributed by atoms with Crippen LogP contribution in [0, 0.1) is 0 Å². The Hall–Kier alpha value is -1.66. The molecule has 0 aliphatic carbocycles. The number of aliphatic hydroxyl groups is 1. The lowest BCUT2D eigenvalue weighted by molar-refractivity contribution is -0.0498. The lowest BCUT2D eigenvalue weighted by Crippen LogP contribution is -2.09. The zero-order valence-electron chi connectivity index (χ0n) is 10.6. The molecule has 0 spiro atoms. The van der Waals surface area contributed by atoms with E-state index in [1.54, 1.807) is 4.68 Å². The maximum Gasteiger partial charge on any atom is 0.387 e. The van der Waals surface area contributed by atoms with E-state index in [0.717, 1.165) is 0 Å². The van der Waals surface area contributed by atoms with Crippen LogP contribution in [0.4, 0.5) is 8.78 Å². The van der Waals surface area contributed by atoms with Crippen LogP contribution in [-0.4, -0.2) is 21.5 Å². The van der Waals surface area contributed by atoms with Gasteiger partial charge in [0.25, 0.3) is 0 Å². The van der Waals surface area contributed by atoms with Gasteiger partial charge in [-0.15, -0.1) is 0 Å². The predicted octanol–water partition coefficient (Wildman–Crippen LogP) is 3.24. The lowest BCUT2D eigenvalue weighted by Gasteiger charge is -2.14. The molecule has 1 unspecified atom stereocenters. The van der Waals surface area contributed by atoms with Gasteiger partial charge in [-0.3, -0.25) is 4.68 Å². The molecule has 0 saturated carbocycles. The normalized spacial score (nSPS) is 12.7. The highest BCUT2D eigenvalue weighted by atomic mass is 35.5. The van der Waals surface area contributed by atoms with E-state index in [1.165, 1.54) is 30.5 Å². The van der Waals surface area contributed by atoms with Crippen LogP contribution in [0.25, 0.3) is 0 Å². The van der Waals surface area contributed by atoms with Gasteiger partial charge in [-0.2, -0.15) is 13.9 Å². The molecule has 4 nitrogen and oxygen atoms in total. The number of aliphatic hydroxyl groups excluding tert-OH is 1. The highest BCUT2D eigenvalue weighted by molar-refractivity contribution is 6.31. The average molecular weight is 303 g/mol. The van der Waals surface area contributed by atoms with Crippen LogP contribution in [0.15, 0.2) is 30.5 Å². The molecule has 108 valence electrons. The van der Waals surface area contributed by atoms with Crippen molar-refractivity contribution in [2.24, 2.45) is 0 Å². The van der Waals surface area contributed by atoms with Crippen LogP contribution >= 0.6 is 11.6 Å². The van der Waals surface area contributed by atoms with Gasteiger partial charge in [-0.05, 0) is 24.6 Å². The highest BCUT2D eigenvalue weighted by Crippen LogP contribution is 2.29. The first-order valence-electron chi connectivity index (χ1n) is 5.97. The molecule has 1 heterocycles. The summed E-state index contributed by atoms with van der Waals surface area (Å²) in [5.74, 6) is 0.0334. The second-order valence-electron chi connectivity index (χ2n) is 4.04. The van der Waals surface area contributed by atoms with Crippen molar-refractivity contribution < 1.29 is 18.6 Å². The fourth-order valence-corrected chi connectivity index (χ4v) is 2.13. The number of hydrogen-bond donors (Lipinski definition) is 1. The van der Waals surface area contributed by atoms with Crippen molar-refractivity contribution in [2.75, 3.05) is 0 Å². The molecular weight excluding hydrogens is 290 g/mol. The van der Waals surface area contributed by atoms with Crippen LogP contribution < -0.4 is 4.74 Å². The van der Waals surface area contributed by atoms with Crippen LogP contribution in [-0.2, 0) is 6.54 Å². The quantitative estimate of drug-likeness (QED) is 0.922. The Morgan fingerprint density at radius 2 is 2.00 bits per heavy atom. The molecule has 2 rings (SSSR count). The molecule has 0 aliphatic rings. The monoisotopic (exact) mass is 302 g/mol. The summed E-state index contributed by atoms with van der Waals surface area (Å²) in [6.45, 7) is -0.438. The predicted molar refractivity (Wildman–Crippen MR) is 70.0 cm³/mol. The molecule has 0 bridgehead atoms. The van der Waals surface area contributed by atoms with Crippen LogP contribution in [0.5, 0.6) is 5.75 Å². The molecule has 2 aromatic rings. The molecule has 0 aliphatic heterocycles. The lowest BCUT2D eigenvalue weighted by atomic mass is 10.1. The fourth-order valence-electron chi connectivity index (χ4n) is 1.89. The van der Waals surface area contributed by atoms with Crippen molar-refractivity contribution in [1.82, 2.24) is 9.78 Å². The summed E-state index contributed by atoms with van der Waals surface area (Å²) in [7, 11) is 0. The molecule has 1 aromatic heterocycles. The smallest absolute Gasteiger partial charge is 0.387 e. The number of rotatable bonds is 5. The van der Waals surface area contributed by atoms with Crippen molar-refractivity contribution in [1.29, 1.82) is 0 Å². The Labute approximate surface area is 119 Å². The molecule has 1 N–H and O–H groups in total. The van der Waals surface area contributed by atoms with Gasteiger partial charge >= 0.3 is 6.61 Å². The number of benzene rings is 1. The largest absolute Gasteiger partial charge is 0.435 e. The van der Waals surface area contributed by atoms with Gasteiger partial charge in [0.15, 0.2) is 0 Å². The van der Waals surface area contributed by atoms with Crippen molar-refractivity contribution in [3.63, 3.8) is 0 Å². The second-order valence-corrected chi connectivity index (χ2v) is 4.45. The summed E-state index contributed by atoms with van der Waals surface area (Å²) in [6, 6.07) is 5.74. The molecule has 1 atom stereocenters. The van der Waals surface area contributed by atoms with Crippen LogP contribution in [0.2, 0.25) is 5.02 Å². The van der Waals surface area contributed by atoms with E-state index in [2.05, 4.69) is 9.84 Å². The summed E-state index contributed by atoms with van der Waals surface area (Å²) in [4.78, 5) is 0. The number of alkyl halides is 2. The molecule has 0 amide bonds. The zero-order valence-corrected chi connectivity index (χ0v) is 11.4. The number of nitrogens with zero attached hydrogens (tertiary/aromatic N) is 2. The van der Waals surface area contributed by atoms with E-state index in [4.69, 9.17) is 11.6 Å². The van der Waals surface area contributed by atoms with Gasteiger partial charge in [0.2, 0.25) is 0 Å². The number of ether oxygens (including phenoxy) is 1. The van der Waals surface area contributed by atoms with Gasteiger partial charge in [-0.1, -0.05) is 23.7 Å². The minimum atomic E-state index is -2.87. The Morgan fingerprint density at radius 1 is 1.35 bits per heavy atom. The van der Waals surface area contributed by atoms with E-state index in [-0.39, 0.29) is 5.75 Å². The van der Waals surface area contributed by atoms with E-state index < -0.39 is 12.7 Å². The molecule has 0 saturated heterocycles. The topological polar surface area (TPSA) is 47.3 Å². The Kier molecular flexibility index (Phi) is 4.57. The summed E-state index contributed by atoms with van der Waals surface area (Å²) in [6.07, 6.45) is 0.475. The van der Waals surface area contributed by atoms with Gasteiger partial charge in [-0.25, -0.2) is 0 Å². The van der Waals surface area contributed by atoms with Crippen molar-refractivity contribution in [3.05, 3.63) is 46.7 Å². The molecule has 1 aromatic carbocycles. The van der Waals surface area contributed by atoms with Gasteiger partial charge in [0.1, 0.15) is 11.9 Å². The molecule has 0 radical (unpaired) electrons. The average Bonchev–Trinajstić information content (AvgIpc) is 2.79. The first-order valence-corrected chi connectivity index (χ1v) is 6.34. The summed E-state index contributed by atoms with van der Waals surface area (Å²) in [5, 5.41) is 14.7. The third-order valence-corrected chi connectivity index (χ3v) is 3.10. The van der Waals surface area contributed by atoms with Crippen molar-refractivity contribution >= 4 is 11.6 Å². The Bertz CT molecular complexity index is 572. The molecule has 20 heavy (non-hydrogen) atoms. The van der Waals surface area contributed by atoms with Gasteiger partial charge in [0.05, 0.1) is 16.9 Å². The molecule has 0 fully saturated rings. The van der Waals surface area contributed by atoms with Gasteiger partial charge in [0, 0.05) is 6.54 Å². The molecular formula is C13H13ClF2N2O2. The van der Waals surface area contributed by atoms with Crippen molar-refractivity contribution in [2.45, 2.75) is 26.2 Å². The summed E-state index contributed by atoms with van der Waals surface area (Å²) in [5.41, 5.74) is 0.986. The Balaban J connectivity index is 2.24. The fraction of sp³-hybridized carbons (Fsp3) is 0.308. The standard InChI is InChI=1S/C13H13ClF2N2O2/c1-2-18-11(10(14)7-17-18)12(19)8-3-5-9(6-4-8)20-13(15)16/h3-7,12-13,19H,2H2,1H3. The maximum atomic E-state index is 12.1. The summed E-state index contributed by atoms with van der Waals surface area (Å²) >= 11 is 6.00. The van der Waals surface area contributed by atoms with E-state index in [1.807, 2.05) is 6.92 Å². The van der Waals surface area contributed by atoms with Crippen molar-refractivity contribution in [3.8, 4) is 5.75 Å². The minimum Gasteiger partial charge on any atom is -0.435 e.